The summed E-state index contributed by atoms with van der Waals surface area (Å²) in [4.78, 5) is 15.5. The first-order chi connectivity index (χ1) is 13.2. The predicted molar refractivity (Wildman–Crippen MR) is 107 cm³/mol. The van der Waals surface area contributed by atoms with Gasteiger partial charge in [-0.3, -0.25) is 10.1 Å². The van der Waals surface area contributed by atoms with E-state index in [1.807, 2.05) is 42.5 Å². The van der Waals surface area contributed by atoms with Crippen LogP contribution >= 0.6 is 23.1 Å². The van der Waals surface area contributed by atoms with Crippen LogP contribution in [0.3, 0.4) is 0 Å². The maximum Gasteiger partial charge on any atom is 0.273 e. The third-order valence-corrected chi connectivity index (χ3v) is 5.89. The van der Waals surface area contributed by atoms with Gasteiger partial charge in [-0.2, -0.15) is 5.26 Å². The Bertz CT molecular complexity index is 1110. The van der Waals surface area contributed by atoms with Gasteiger partial charge in [-0.05, 0) is 29.8 Å². The maximum atomic E-state index is 12.4. The molecular formula is C19H13N5OS2. The topological polar surface area (TPSA) is 94.5 Å². The number of nitrogens with one attached hydrogen (secondary N) is 2. The molecule has 0 aliphatic carbocycles. The quantitative estimate of drug-likeness (QED) is 0.387. The monoisotopic (exact) mass is 391 g/mol. The van der Waals surface area contributed by atoms with Crippen LogP contribution in [0.2, 0.25) is 0 Å². The smallest absolute Gasteiger partial charge is 0.273 e. The van der Waals surface area contributed by atoms with Crippen LogP contribution in [0.4, 0.5) is 5.13 Å². The average molecular weight is 391 g/mol. The number of nitrogens with zero attached hydrogens (tertiary/aromatic N) is 3. The lowest BCUT2D eigenvalue weighted by Crippen LogP contribution is -2.11. The lowest BCUT2D eigenvalue weighted by molar-refractivity contribution is 0.102. The average Bonchev–Trinajstić information content (AvgIpc) is 3.33. The minimum Gasteiger partial charge on any atom is -0.351 e. The highest BCUT2D eigenvalue weighted by molar-refractivity contribution is 8.00. The summed E-state index contributed by atoms with van der Waals surface area (Å²) in [6.07, 6.45) is 0. The highest BCUT2D eigenvalue weighted by atomic mass is 32.2. The van der Waals surface area contributed by atoms with E-state index in [9.17, 15) is 4.79 Å². The summed E-state index contributed by atoms with van der Waals surface area (Å²) in [6, 6.07) is 19.1. The summed E-state index contributed by atoms with van der Waals surface area (Å²) < 4.78 is 0.770. The number of aromatic nitrogens is 3. The summed E-state index contributed by atoms with van der Waals surface area (Å²) in [7, 11) is 0. The number of H-pyrrole nitrogens is 1. The molecule has 0 aliphatic heterocycles. The van der Waals surface area contributed by atoms with Crippen LogP contribution < -0.4 is 5.32 Å². The normalized spacial score (nSPS) is 10.6. The van der Waals surface area contributed by atoms with Crippen LogP contribution in [0.15, 0.2) is 58.9 Å². The van der Waals surface area contributed by atoms with Gasteiger partial charge in [0.25, 0.3) is 5.91 Å². The SMILES string of the molecule is N#Cc1ccc(CSc2nnc(NC(=O)c3cc4ccccc4[nH]3)s2)cc1. The van der Waals surface area contributed by atoms with Gasteiger partial charge in [0.15, 0.2) is 4.34 Å². The van der Waals surface area contributed by atoms with Crippen molar-refractivity contribution in [3.63, 3.8) is 0 Å². The van der Waals surface area contributed by atoms with Gasteiger partial charge in [-0.25, -0.2) is 0 Å². The van der Waals surface area contributed by atoms with Gasteiger partial charge in [0.05, 0.1) is 11.6 Å². The number of aromatic amines is 1. The molecule has 2 N–H and O–H groups in total. The van der Waals surface area contributed by atoms with Crippen LogP contribution in [0, 0.1) is 11.3 Å². The fourth-order valence-electron chi connectivity index (χ4n) is 2.50. The van der Waals surface area contributed by atoms with Gasteiger partial charge < -0.3 is 4.98 Å². The predicted octanol–water partition coefficient (Wildman–Crippen LogP) is 4.44. The molecule has 4 aromatic rings. The Morgan fingerprint density at radius 2 is 2.00 bits per heavy atom. The van der Waals surface area contributed by atoms with Crippen molar-refractivity contribution >= 4 is 45.0 Å². The van der Waals surface area contributed by atoms with Crippen molar-refractivity contribution in [3.8, 4) is 6.07 Å². The second-order valence-corrected chi connectivity index (χ2v) is 7.89. The van der Waals surface area contributed by atoms with Crippen molar-refractivity contribution in [2.75, 3.05) is 5.32 Å². The number of hydrogen-bond donors (Lipinski definition) is 2. The van der Waals surface area contributed by atoms with Crippen LogP contribution in [0.25, 0.3) is 10.9 Å². The number of fused-ring (bicyclic) bond motifs is 1. The number of carbonyl (C=O) groups excluding carboxylic acids is 1. The number of carbonyl (C=O) groups is 1. The molecule has 0 bridgehead atoms. The minimum atomic E-state index is -0.244. The van der Waals surface area contributed by atoms with E-state index in [1.54, 1.807) is 12.1 Å². The number of hydrogen-bond acceptors (Lipinski definition) is 6. The van der Waals surface area contributed by atoms with Crippen molar-refractivity contribution in [2.24, 2.45) is 0 Å². The lowest BCUT2D eigenvalue weighted by atomic mass is 10.2. The van der Waals surface area contributed by atoms with E-state index < -0.39 is 0 Å². The van der Waals surface area contributed by atoms with E-state index in [0.717, 1.165) is 26.6 Å². The Morgan fingerprint density at radius 3 is 2.78 bits per heavy atom. The Labute approximate surface area is 163 Å². The zero-order chi connectivity index (χ0) is 18.6. The molecule has 4 rings (SSSR count). The van der Waals surface area contributed by atoms with Crippen molar-refractivity contribution in [1.82, 2.24) is 15.2 Å². The maximum absolute atomic E-state index is 12.4. The first-order valence-electron chi connectivity index (χ1n) is 8.06. The highest BCUT2D eigenvalue weighted by Crippen LogP contribution is 2.28. The van der Waals surface area contributed by atoms with Gasteiger partial charge in [0.1, 0.15) is 5.69 Å². The number of nitriles is 1. The number of thioether (sulfide) groups is 1. The van der Waals surface area contributed by atoms with E-state index in [2.05, 4.69) is 26.6 Å². The highest BCUT2D eigenvalue weighted by Gasteiger charge is 2.13. The Hall–Kier alpha value is -3.15. The van der Waals surface area contributed by atoms with Crippen LogP contribution in [0.1, 0.15) is 21.6 Å². The molecule has 27 heavy (non-hydrogen) atoms. The largest absolute Gasteiger partial charge is 0.351 e. The molecule has 2 heterocycles. The molecule has 1 amide bonds. The first kappa shape index (κ1) is 17.3. The molecule has 0 saturated heterocycles. The first-order valence-corrected chi connectivity index (χ1v) is 9.86. The molecule has 2 aromatic heterocycles. The summed E-state index contributed by atoms with van der Waals surface area (Å²) in [6.45, 7) is 0. The zero-order valence-electron chi connectivity index (χ0n) is 14.0. The van der Waals surface area contributed by atoms with Crippen LogP contribution in [0.5, 0.6) is 0 Å². The molecule has 0 radical (unpaired) electrons. The van der Waals surface area contributed by atoms with Crippen molar-refractivity contribution in [1.29, 1.82) is 5.26 Å². The third-order valence-electron chi connectivity index (χ3n) is 3.85. The molecule has 0 aliphatic rings. The number of amides is 1. The Balaban J connectivity index is 1.38. The molecule has 0 unspecified atom stereocenters. The molecule has 6 nitrogen and oxygen atoms in total. The summed E-state index contributed by atoms with van der Waals surface area (Å²) in [5, 5.41) is 21.2. The second-order valence-electron chi connectivity index (χ2n) is 5.69. The number of benzene rings is 2. The number of anilines is 1. The zero-order valence-corrected chi connectivity index (χ0v) is 15.6. The number of para-hydroxylation sites is 1. The summed E-state index contributed by atoms with van der Waals surface area (Å²) in [5.41, 5.74) is 3.14. The van der Waals surface area contributed by atoms with Crippen LogP contribution in [-0.4, -0.2) is 21.1 Å². The standard InChI is InChI=1S/C19H13N5OS2/c20-10-12-5-7-13(8-6-12)11-26-19-24-23-18(27-19)22-17(25)16-9-14-3-1-2-4-15(14)21-16/h1-9,21H,11H2,(H,22,23,25). The van der Waals surface area contributed by atoms with E-state index in [4.69, 9.17) is 5.26 Å². The van der Waals surface area contributed by atoms with E-state index in [0.29, 0.717) is 16.4 Å². The molecule has 132 valence electrons. The Kier molecular flexibility index (Phi) is 4.87. The molecule has 0 saturated carbocycles. The van der Waals surface area contributed by atoms with E-state index in [-0.39, 0.29) is 5.91 Å². The lowest BCUT2D eigenvalue weighted by Gasteiger charge is -1.98. The summed E-state index contributed by atoms with van der Waals surface area (Å²) in [5.74, 6) is 0.474. The van der Waals surface area contributed by atoms with Crippen molar-refractivity contribution < 1.29 is 4.79 Å². The number of rotatable bonds is 5. The van der Waals surface area contributed by atoms with Gasteiger partial charge in [0.2, 0.25) is 5.13 Å². The fraction of sp³-hybridized carbons (Fsp3) is 0.0526. The Morgan fingerprint density at radius 1 is 1.19 bits per heavy atom. The van der Waals surface area contributed by atoms with Crippen molar-refractivity contribution in [3.05, 3.63) is 71.4 Å². The molecule has 8 heteroatoms. The van der Waals surface area contributed by atoms with Crippen molar-refractivity contribution in [2.45, 2.75) is 10.1 Å². The van der Waals surface area contributed by atoms with Gasteiger partial charge in [-0.15, -0.1) is 10.2 Å². The van der Waals surface area contributed by atoms with Gasteiger partial charge in [0, 0.05) is 16.7 Å². The molecule has 0 atom stereocenters. The van der Waals surface area contributed by atoms with Gasteiger partial charge in [-0.1, -0.05) is 53.4 Å². The third kappa shape index (κ3) is 4.00. The molecule has 0 fully saturated rings. The summed E-state index contributed by atoms with van der Waals surface area (Å²) >= 11 is 2.87. The minimum absolute atomic E-state index is 0.244. The van der Waals surface area contributed by atoms with E-state index in [1.165, 1.54) is 23.1 Å². The molecule has 2 aromatic carbocycles. The second kappa shape index (κ2) is 7.61. The van der Waals surface area contributed by atoms with Gasteiger partial charge >= 0.3 is 0 Å². The molecule has 0 spiro atoms. The molecular weight excluding hydrogens is 378 g/mol. The van der Waals surface area contributed by atoms with E-state index >= 15 is 0 Å². The fourth-order valence-corrected chi connectivity index (χ4v) is 4.20. The van der Waals surface area contributed by atoms with Crippen LogP contribution in [-0.2, 0) is 5.75 Å².